The van der Waals surface area contributed by atoms with Crippen LogP contribution in [0.2, 0.25) is 0 Å². The molecule has 0 bridgehead atoms. The van der Waals surface area contributed by atoms with Gasteiger partial charge < -0.3 is 15.4 Å². The minimum absolute atomic E-state index is 0.512. The molecule has 1 heterocycles. The summed E-state index contributed by atoms with van der Waals surface area (Å²) in [6, 6.07) is 17.3. The Balaban J connectivity index is 1.76. The van der Waals surface area contributed by atoms with Gasteiger partial charge in [0.2, 0.25) is 5.95 Å². The van der Waals surface area contributed by atoms with Gasteiger partial charge >= 0.3 is 0 Å². The van der Waals surface area contributed by atoms with Crippen LogP contribution in [0.1, 0.15) is 0 Å². The Labute approximate surface area is 142 Å². The molecule has 0 aliphatic rings. The van der Waals surface area contributed by atoms with Gasteiger partial charge in [0.15, 0.2) is 0 Å². The molecule has 3 rings (SSSR count). The number of hydrogen-bond donors (Lipinski definition) is 2. The molecule has 0 radical (unpaired) electrons. The number of nitrogens with zero attached hydrogens (tertiary/aromatic N) is 2. The van der Waals surface area contributed by atoms with E-state index in [9.17, 15) is 0 Å². The Hall–Kier alpha value is -2.60. The van der Waals surface area contributed by atoms with E-state index in [2.05, 4.69) is 36.5 Å². The lowest BCUT2D eigenvalue weighted by Gasteiger charge is -2.09. The number of hydrogen-bond acceptors (Lipinski definition) is 5. The summed E-state index contributed by atoms with van der Waals surface area (Å²) in [7, 11) is 1.64. The van der Waals surface area contributed by atoms with Crippen molar-refractivity contribution in [3.05, 3.63) is 65.3 Å². The van der Waals surface area contributed by atoms with Crippen molar-refractivity contribution in [2.45, 2.75) is 0 Å². The quantitative estimate of drug-likeness (QED) is 0.679. The summed E-state index contributed by atoms with van der Waals surface area (Å²) in [6.07, 6.45) is 1.70. The van der Waals surface area contributed by atoms with Crippen LogP contribution in [-0.2, 0) is 0 Å². The van der Waals surface area contributed by atoms with Crippen molar-refractivity contribution >= 4 is 39.1 Å². The lowest BCUT2D eigenvalue weighted by atomic mass is 10.3. The zero-order valence-electron chi connectivity index (χ0n) is 12.5. The first-order chi connectivity index (χ1) is 11.2. The maximum atomic E-state index is 5.21. The average Bonchev–Trinajstić information content (AvgIpc) is 2.55. The first kappa shape index (κ1) is 15.3. The number of rotatable bonds is 5. The Morgan fingerprint density at radius 3 is 2.52 bits per heavy atom. The number of benzene rings is 2. The molecule has 6 heteroatoms. The van der Waals surface area contributed by atoms with Crippen molar-refractivity contribution in [3.8, 4) is 5.75 Å². The zero-order valence-corrected chi connectivity index (χ0v) is 14.0. The number of ether oxygens (including phenoxy) is 1. The SMILES string of the molecule is COc1cccc(Nc2nccc(Nc3cccc(Br)c3)n2)c1. The molecule has 3 aromatic rings. The van der Waals surface area contributed by atoms with Gasteiger partial charge in [0.1, 0.15) is 11.6 Å². The molecule has 1 aromatic heterocycles. The minimum atomic E-state index is 0.512. The predicted octanol–water partition coefficient (Wildman–Crippen LogP) is 4.73. The Bertz CT molecular complexity index is 810. The van der Waals surface area contributed by atoms with Gasteiger partial charge in [0.25, 0.3) is 0 Å². The molecule has 0 saturated heterocycles. The van der Waals surface area contributed by atoms with Gasteiger partial charge in [0, 0.05) is 28.1 Å². The van der Waals surface area contributed by atoms with E-state index in [4.69, 9.17) is 4.74 Å². The third kappa shape index (κ3) is 4.20. The van der Waals surface area contributed by atoms with Crippen LogP contribution >= 0.6 is 15.9 Å². The van der Waals surface area contributed by atoms with Crippen molar-refractivity contribution < 1.29 is 4.74 Å². The van der Waals surface area contributed by atoms with E-state index in [1.165, 1.54) is 0 Å². The Morgan fingerprint density at radius 2 is 1.74 bits per heavy atom. The van der Waals surface area contributed by atoms with Crippen molar-refractivity contribution in [3.63, 3.8) is 0 Å². The zero-order chi connectivity index (χ0) is 16.1. The van der Waals surface area contributed by atoms with Crippen molar-refractivity contribution in [2.24, 2.45) is 0 Å². The molecule has 2 aromatic carbocycles. The highest BCUT2D eigenvalue weighted by Crippen LogP contribution is 2.22. The van der Waals surface area contributed by atoms with Gasteiger partial charge in [-0.1, -0.05) is 28.1 Å². The topological polar surface area (TPSA) is 59.1 Å². The van der Waals surface area contributed by atoms with Gasteiger partial charge in [-0.25, -0.2) is 4.98 Å². The summed E-state index contributed by atoms with van der Waals surface area (Å²) in [6.45, 7) is 0. The van der Waals surface area contributed by atoms with Gasteiger partial charge in [-0.15, -0.1) is 0 Å². The lowest BCUT2D eigenvalue weighted by molar-refractivity contribution is 0.415. The van der Waals surface area contributed by atoms with Gasteiger partial charge in [-0.05, 0) is 36.4 Å². The third-order valence-electron chi connectivity index (χ3n) is 3.08. The fraction of sp³-hybridized carbons (Fsp3) is 0.0588. The summed E-state index contributed by atoms with van der Waals surface area (Å²) < 4.78 is 6.21. The molecular weight excluding hydrogens is 356 g/mol. The van der Waals surface area contributed by atoms with Crippen LogP contribution < -0.4 is 15.4 Å². The fourth-order valence-electron chi connectivity index (χ4n) is 2.03. The normalized spacial score (nSPS) is 10.2. The van der Waals surface area contributed by atoms with E-state index in [1.54, 1.807) is 13.3 Å². The van der Waals surface area contributed by atoms with Gasteiger partial charge in [-0.3, -0.25) is 0 Å². The first-order valence-corrected chi connectivity index (χ1v) is 7.79. The predicted molar refractivity (Wildman–Crippen MR) is 95.7 cm³/mol. The fourth-order valence-corrected chi connectivity index (χ4v) is 2.43. The third-order valence-corrected chi connectivity index (χ3v) is 3.57. The van der Waals surface area contributed by atoms with Crippen molar-refractivity contribution in [1.82, 2.24) is 9.97 Å². The summed E-state index contributed by atoms with van der Waals surface area (Å²) >= 11 is 3.45. The number of methoxy groups -OCH3 is 1. The molecule has 23 heavy (non-hydrogen) atoms. The summed E-state index contributed by atoms with van der Waals surface area (Å²) in [4.78, 5) is 8.70. The molecule has 2 N–H and O–H groups in total. The molecule has 0 aliphatic heterocycles. The van der Waals surface area contributed by atoms with Crippen molar-refractivity contribution in [1.29, 1.82) is 0 Å². The van der Waals surface area contributed by atoms with Crippen LogP contribution in [0.15, 0.2) is 65.3 Å². The van der Waals surface area contributed by atoms with Crippen LogP contribution in [0.25, 0.3) is 0 Å². The molecule has 5 nitrogen and oxygen atoms in total. The molecular formula is C17H15BrN4O. The van der Waals surface area contributed by atoms with E-state index >= 15 is 0 Å². The number of nitrogens with one attached hydrogen (secondary N) is 2. The molecule has 0 unspecified atom stereocenters. The first-order valence-electron chi connectivity index (χ1n) is 7.00. The van der Waals surface area contributed by atoms with E-state index < -0.39 is 0 Å². The second kappa shape index (κ2) is 7.11. The monoisotopic (exact) mass is 370 g/mol. The lowest BCUT2D eigenvalue weighted by Crippen LogP contribution is -2.00. The molecule has 0 fully saturated rings. The smallest absolute Gasteiger partial charge is 0.229 e. The maximum Gasteiger partial charge on any atom is 0.229 e. The van der Waals surface area contributed by atoms with Crippen LogP contribution in [0.4, 0.5) is 23.1 Å². The highest BCUT2D eigenvalue weighted by molar-refractivity contribution is 9.10. The summed E-state index contributed by atoms with van der Waals surface area (Å²) in [5.74, 6) is 2.00. The molecule has 116 valence electrons. The van der Waals surface area contributed by atoms with Crippen LogP contribution in [0.3, 0.4) is 0 Å². The standard InChI is InChI=1S/C17H15BrN4O/c1-23-15-7-3-6-14(11-15)21-17-19-9-8-16(22-17)20-13-5-2-4-12(18)10-13/h2-11H,1H3,(H2,19,20,21,22). The largest absolute Gasteiger partial charge is 0.497 e. The maximum absolute atomic E-state index is 5.21. The average molecular weight is 371 g/mol. The summed E-state index contributed by atoms with van der Waals surface area (Å²) in [5.41, 5.74) is 1.81. The molecule has 0 amide bonds. The Kier molecular flexibility index (Phi) is 4.73. The minimum Gasteiger partial charge on any atom is -0.497 e. The molecule has 0 aliphatic carbocycles. The van der Waals surface area contributed by atoms with Crippen LogP contribution in [0.5, 0.6) is 5.75 Å². The van der Waals surface area contributed by atoms with Gasteiger partial charge in [0.05, 0.1) is 7.11 Å². The van der Waals surface area contributed by atoms with Crippen molar-refractivity contribution in [2.75, 3.05) is 17.7 Å². The molecule has 0 spiro atoms. The second-order valence-electron chi connectivity index (χ2n) is 4.76. The van der Waals surface area contributed by atoms with Crippen LogP contribution in [0, 0.1) is 0 Å². The van der Waals surface area contributed by atoms with Crippen LogP contribution in [-0.4, -0.2) is 17.1 Å². The van der Waals surface area contributed by atoms with E-state index in [0.717, 1.165) is 21.6 Å². The molecule has 0 atom stereocenters. The van der Waals surface area contributed by atoms with E-state index in [0.29, 0.717) is 11.8 Å². The second-order valence-corrected chi connectivity index (χ2v) is 5.67. The highest BCUT2D eigenvalue weighted by Gasteiger charge is 2.02. The number of halogens is 1. The number of aromatic nitrogens is 2. The van der Waals surface area contributed by atoms with E-state index in [-0.39, 0.29) is 0 Å². The molecule has 0 saturated carbocycles. The number of anilines is 4. The van der Waals surface area contributed by atoms with Gasteiger partial charge in [-0.2, -0.15) is 4.98 Å². The summed E-state index contributed by atoms with van der Waals surface area (Å²) in [5, 5.41) is 6.41. The highest BCUT2D eigenvalue weighted by atomic mass is 79.9. The van der Waals surface area contributed by atoms with E-state index in [1.807, 2.05) is 54.6 Å². The Morgan fingerprint density at radius 1 is 0.957 bits per heavy atom.